The lowest BCUT2D eigenvalue weighted by atomic mass is 9.94. The van der Waals surface area contributed by atoms with Crippen LogP contribution in [0.4, 0.5) is 0 Å². The second kappa shape index (κ2) is 60.4. The molecule has 1 aliphatic heterocycles. The molecule has 1 aliphatic carbocycles. The van der Waals surface area contributed by atoms with Crippen LogP contribution in [0.15, 0.2) is 55.5 Å². The summed E-state index contributed by atoms with van der Waals surface area (Å²) in [4.78, 5) is 76.2. The summed E-state index contributed by atoms with van der Waals surface area (Å²) < 4.78 is 22.4. The zero-order valence-corrected chi connectivity index (χ0v) is 55.7. The van der Waals surface area contributed by atoms with Gasteiger partial charge >= 0.3 is 17.9 Å². The first-order valence-corrected chi connectivity index (χ1v) is 34.6. The molecule has 11 heteroatoms. The molecule has 0 N–H and O–H groups in total. The van der Waals surface area contributed by atoms with Gasteiger partial charge in [0, 0.05) is 51.0 Å². The van der Waals surface area contributed by atoms with Crippen molar-refractivity contribution in [3.05, 3.63) is 55.5 Å². The molecule has 1 saturated carbocycles. The number of allylic oxidation sites excluding steroid dienone is 4. The third kappa shape index (κ3) is 48.9. The van der Waals surface area contributed by atoms with E-state index in [1.807, 2.05) is 26.8 Å². The van der Waals surface area contributed by atoms with E-state index in [1.165, 1.54) is 160 Å². The quantitative estimate of drug-likeness (QED) is 0.0110. The molecule has 1 amide bonds. The molecule has 2 rings (SSSR count). The van der Waals surface area contributed by atoms with Crippen LogP contribution in [0, 0.1) is 17.8 Å². The topological polar surface area (TPSA) is 143 Å². The highest BCUT2D eigenvalue weighted by molar-refractivity contribution is 5.91. The van der Waals surface area contributed by atoms with Crippen LogP contribution in [0.1, 0.15) is 319 Å². The molecular formula is C73H129NO10. The van der Waals surface area contributed by atoms with Crippen LogP contribution in [0.2, 0.25) is 0 Å². The fraction of sp³-hybridized carbons (Fsp3) is 0.795. The molecule has 2 unspecified atom stereocenters. The highest BCUT2D eigenvalue weighted by Gasteiger charge is 2.36. The summed E-state index contributed by atoms with van der Waals surface area (Å²) in [5, 5.41) is 0. The van der Waals surface area contributed by atoms with E-state index >= 15 is 0 Å². The standard InChI is InChI=1S/C34H57NO6.C27H46O4.C10H20.C2H6/c1-5-9-11-13-15-16-17-19-21-30(36)23-28(24-33(38)40-22-20-18-14-12-10-6-2)25-34(39)41-31-26-29(7-3)35(27-31)32(37)8-4;1-5-9-11-13-15-17-19-30-26(8-4)22-24(21-25(28)7-3)23-27(29)31-20-18-16-14-12-10-6-2;1-2-7-10-8-5-3-4-6-9-10;1-2/h8,19,21,28-29,31H,4-7,9-18,20,22-27H2,1-3H3;7,24H,3-6,9-23H2,1-2H3;10H,2-9H2,1H3;1-2H3/b21-19-;;;/t28?,29-,31-;;;/m1.../s1. The normalized spacial score (nSPS) is 15.5. The monoisotopic (exact) mass is 1180 g/mol. The summed E-state index contributed by atoms with van der Waals surface area (Å²) in [5.41, 5.74) is 2.84. The molecule has 84 heavy (non-hydrogen) atoms. The fourth-order valence-corrected chi connectivity index (χ4v) is 10.9. The smallest absolute Gasteiger partial charge is 0.306 e. The maximum Gasteiger partial charge on any atom is 0.306 e. The van der Waals surface area contributed by atoms with E-state index in [9.17, 15) is 28.8 Å². The number of rotatable bonds is 48. The molecule has 0 radical (unpaired) electrons. The number of carbonyl (C=O) groups excluding carboxylic acids is 6. The predicted octanol–water partition coefficient (Wildman–Crippen LogP) is 19.9. The van der Waals surface area contributed by atoms with E-state index in [4.69, 9.17) is 18.9 Å². The summed E-state index contributed by atoms with van der Waals surface area (Å²) in [5.74, 6) is -0.372. The van der Waals surface area contributed by atoms with Gasteiger partial charge in [0.25, 0.3) is 0 Å². The first kappa shape index (κ1) is 81.8. The Bertz CT molecular complexity index is 1740. The molecule has 0 aromatic rings. The van der Waals surface area contributed by atoms with Crippen LogP contribution in [0.3, 0.4) is 0 Å². The molecule has 0 spiro atoms. The Morgan fingerprint density at radius 1 is 0.512 bits per heavy atom. The number of likely N-dealkylation sites (tertiary alicyclic amines) is 1. The van der Waals surface area contributed by atoms with Crippen LogP contribution in [-0.2, 0) is 47.7 Å². The van der Waals surface area contributed by atoms with Crippen LogP contribution in [-0.4, -0.2) is 78.8 Å². The zero-order valence-electron chi connectivity index (χ0n) is 55.7. The van der Waals surface area contributed by atoms with Crippen molar-refractivity contribution in [1.82, 2.24) is 4.90 Å². The van der Waals surface area contributed by atoms with Crippen molar-refractivity contribution < 1.29 is 47.7 Å². The van der Waals surface area contributed by atoms with Crippen LogP contribution in [0.5, 0.6) is 0 Å². The summed E-state index contributed by atoms with van der Waals surface area (Å²) in [7, 11) is 0. The highest BCUT2D eigenvalue weighted by Crippen LogP contribution is 2.28. The van der Waals surface area contributed by atoms with Gasteiger partial charge in [0.2, 0.25) is 5.91 Å². The van der Waals surface area contributed by atoms with Crippen molar-refractivity contribution in [2.45, 2.75) is 331 Å². The summed E-state index contributed by atoms with van der Waals surface area (Å²) in [6, 6.07) is 0.00408. The minimum Gasteiger partial charge on any atom is -0.490 e. The van der Waals surface area contributed by atoms with Gasteiger partial charge in [-0.05, 0) is 74.5 Å². The zero-order chi connectivity index (χ0) is 62.7. The minimum atomic E-state index is -0.486. The van der Waals surface area contributed by atoms with E-state index in [2.05, 4.69) is 60.1 Å². The van der Waals surface area contributed by atoms with E-state index in [-0.39, 0.29) is 73.5 Å². The van der Waals surface area contributed by atoms with Crippen LogP contribution in [0.25, 0.3) is 0 Å². The summed E-state index contributed by atoms with van der Waals surface area (Å²) in [6.45, 7) is 29.7. The minimum absolute atomic E-state index is 0.00408. The van der Waals surface area contributed by atoms with Gasteiger partial charge in [-0.15, -0.1) is 0 Å². The Kier molecular flexibility index (Phi) is 58.9. The summed E-state index contributed by atoms with van der Waals surface area (Å²) in [6.07, 6.45) is 48.6. The number of carbonyl (C=O) groups is 6. The molecule has 0 aromatic carbocycles. The number of hydrogen-bond acceptors (Lipinski definition) is 10. The van der Waals surface area contributed by atoms with Crippen molar-refractivity contribution in [3.63, 3.8) is 0 Å². The Hall–Kier alpha value is -4.24. The van der Waals surface area contributed by atoms with Crippen LogP contribution >= 0.6 is 0 Å². The lowest BCUT2D eigenvalue weighted by Gasteiger charge is -2.21. The lowest BCUT2D eigenvalue weighted by molar-refractivity contribution is -0.151. The molecule has 2 aliphatic rings. The molecule has 11 nitrogen and oxygen atoms in total. The van der Waals surface area contributed by atoms with Crippen molar-refractivity contribution in [1.29, 1.82) is 0 Å². The molecule has 0 bridgehead atoms. The molecule has 1 heterocycles. The SMILES string of the molecule is C=C=C(CC(CC(=O)C=C)CC(=O)OCCCCCCCC)OCCCCCCCC.C=CC(=O)N1C[C@H](OC(=O)CC(CC(=O)/C=C\CCCCCCCC)CC(=O)OCCCCCCCC)C[C@H]1CC.CC.CCCC1CCCCCC1. The van der Waals surface area contributed by atoms with Gasteiger partial charge in [0.1, 0.15) is 11.9 Å². The number of hydrogen-bond donors (Lipinski definition) is 0. The van der Waals surface area contributed by atoms with Gasteiger partial charge in [-0.25, -0.2) is 0 Å². The van der Waals surface area contributed by atoms with Crippen molar-refractivity contribution >= 4 is 35.4 Å². The predicted molar refractivity (Wildman–Crippen MR) is 351 cm³/mol. The second-order valence-corrected chi connectivity index (χ2v) is 23.5. The maximum atomic E-state index is 12.9. The van der Waals surface area contributed by atoms with Gasteiger partial charge in [-0.1, -0.05) is 267 Å². The number of ether oxygens (including phenoxy) is 4. The number of amides is 1. The molecule has 0 aromatic heterocycles. The molecular weight excluding hydrogens is 1050 g/mol. The van der Waals surface area contributed by atoms with Crippen LogP contribution < -0.4 is 0 Å². The maximum absolute atomic E-state index is 12.9. The first-order valence-electron chi connectivity index (χ1n) is 34.6. The number of ketones is 2. The Balaban J connectivity index is 0. The average molecular weight is 1180 g/mol. The third-order valence-corrected chi connectivity index (χ3v) is 15.8. The fourth-order valence-electron chi connectivity index (χ4n) is 10.9. The largest absolute Gasteiger partial charge is 0.490 e. The van der Waals surface area contributed by atoms with E-state index in [1.54, 1.807) is 11.0 Å². The lowest BCUT2D eigenvalue weighted by Crippen LogP contribution is -2.34. The second-order valence-electron chi connectivity index (χ2n) is 23.5. The van der Waals surface area contributed by atoms with Gasteiger partial charge < -0.3 is 23.8 Å². The van der Waals surface area contributed by atoms with E-state index in [0.717, 1.165) is 76.5 Å². The van der Waals surface area contributed by atoms with E-state index < -0.39 is 18.0 Å². The van der Waals surface area contributed by atoms with Crippen molar-refractivity contribution in [2.75, 3.05) is 26.4 Å². The van der Waals surface area contributed by atoms with Gasteiger partial charge in [0.05, 0.1) is 26.4 Å². The molecule has 486 valence electrons. The Morgan fingerprint density at radius 3 is 1.40 bits per heavy atom. The molecule has 2 fully saturated rings. The Morgan fingerprint density at radius 2 is 0.952 bits per heavy atom. The Labute approximate surface area is 516 Å². The van der Waals surface area contributed by atoms with Gasteiger partial charge in [-0.2, -0.15) is 0 Å². The summed E-state index contributed by atoms with van der Waals surface area (Å²) >= 11 is 0. The van der Waals surface area contributed by atoms with Crippen molar-refractivity contribution in [2.24, 2.45) is 17.8 Å². The van der Waals surface area contributed by atoms with Gasteiger partial charge in [-0.3, -0.25) is 28.8 Å². The number of unbranched alkanes of at least 4 members (excludes halogenated alkanes) is 21. The first-order chi connectivity index (χ1) is 40.8. The van der Waals surface area contributed by atoms with Gasteiger partial charge in [0.15, 0.2) is 11.6 Å². The third-order valence-electron chi connectivity index (χ3n) is 15.8. The highest BCUT2D eigenvalue weighted by atomic mass is 16.5. The average Bonchev–Trinajstić information content (AvgIpc) is 4.03. The van der Waals surface area contributed by atoms with Crippen molar-refractivity contribution in [3.8, 4) is 0 Å². The van der Waals surface area contributed by atoms with E-state index in [0.29, 0.717) is 45.0 Å². The number of nitrogens with zero attached hydrogens (tertiary/aromatic N) is 1. The molecule has 1 saturated heterocycles. The number of esters is 3. The molecule has 4 atom stereocenters.